The highest BCUT2D eigenvalue weighted by atomic mass is 28.4. The number of hydrogen-bond donors (Lipinski definition) is 0. The number of hydrogen-bond acceptors (Lipinski definition) is 5. The van der Waals surface area contributed by atoms with Gasteiger partial charge in [-0.2, -0.15) is 0 Å². The predicted octanol–water partition coefficient (Wildman–Crippen LogP) is 7.19. The Morgan fingerprint density at radius 1 is 1.03 bits per heavy atom. The van der Waals surface area contributed by atoms with Crippen molar-refractivity contribution in [2.24, 2.45) is 5.92 Å². The summed E-state index contributed by atoms with van der Waals surface area (Å²) >= 11 is 0. The van der Waals surface area contributed by atoms with Gasteiger partial charge in [0.25, 0.3) is 5.69 Å². The van der Waals surface area contributed by atoms with Gasteiger partial charge in [0, 0.05) is 6.20 Å². The minimum Gasteiger partial charge on any atom is -0.411 e. The zero-order chi connectivity index (χ0) is 24.7. The first-order valence-corrected chi connectivity index (χ1v) is 17.3. The molecule has 0 aromatic carbocycles. The lowest BCUT2D eigenvalue weighted by Crippen LogP contribution is -2.54. The van der Waals surface area contributed by atoms with Crippen molar-refractivity contribution in [2.75, 3.05) is 0 Å². The molecule has 0 amide bonds. The third kappa shape index (κ3) is 5.76. The second-order valence-corrected chi connectivity index (χ2v) is 21.7. The topological polar surface area (TPSA) is 74.5 Å². The lowest BCUT2D eigenvalue weighted by atomic mass is 9.83. The molecule has 0 fully saturated rings. The van der Waals surface area contributed by atoms with Crippen LogP contribution in [0, 0.1) is 16.0 Å². The number of aromatic nitrogens is 1. The molecule has 1 aliphatic carbocycles. The Hall–Kier alpha value is -1.36. The summed E-state index contributed by atoms with van der Waals surface area (Å²) in [6.45, 7) is 24.7. The molecule has 0 bridgehead atoms. The van der Waals surface area contributed by atoms with E-state index in [1.54, 1.807) is 12.3 Å². The average molecular weight is 479 g/mol. The summed E-state index contributed by atoms with van der Waals surface area (Å²) in [4.78, 5) is 15.3. The maximum atomic E-state index is 11.6. The SMILES string of the molecule is C[C@H]1CC(c2ccncc2[N+](=O)[O-])=C[C@@H](O[Si](C)(C)C(C)(C)C)C1O[Si](C)(C)C(C)(C)C. The van der Waals surface area contributed by atoms with E-state index in [9.17, 15) is 10.1 Å². The van der Waals surface area contributed by atoms with Gasteiger partial charge in [-0.15, -0.1) is 0 Å². The van der Waals surface area contributed by atoms with Crippen molar-refractivity contribution in [2.45, 2.75) is 103 Å². The fourth-order valence-corrected chi connectivity index (χ4v) is 6.11. The second-order valence-electron chi connectivity index (χ2n) is 12.2. The average Bonchev–Trinajstić information content (AvgIpc) is 2.62. The van der Waals surface area contributed by atoms with Crippen molar-refractivity contribution >= 4 is 27.9 Å². The molecule has 0 saturated heterocycles. The first-order valence-electron chi connectivity index (χ1n) is 11.5. The van der Waals surface area contributed by atoms with Crippen molar-refractivity contribution in [3.63, 3.8) is 0 Å². The molecule has 0 radical (unpaired) electrons. The molecule has 0 spiro atoms. The first-order chi connectivity index (χ1) is 14.4. The Morgan fingerprint density at radius 3 is 2.06 bits per heavy atom. The molecule has 3 atom stereocenters. The lowest BCUT2D eigenvalue weighted by Gasteiger charge is -2.47. The summed E-state index contributed by atoms with van der Waals surface area (Å²) in [6.07, 6.45) is 5.45. The molecule has 1 aromatic heterocycles. The summed E-state index contributed by atoms with van der Waals surface area (Å²) in [5.74, 6) is 0.173. The summed E-state index contributed by atoms with van der Waals surface area (Å²) in [5.41, 5.74) is 1.62. The zero-order valence-electron chi connectivity index (χ0n) is 21.8. The molecule has 8 heteroatoms. The second kappa shape index (κ2) is 9.12. The number of pyridine rings is 1. The molecule has 0 N–H and O–H groups in total. The van der Waals surface area contributed by atoms with E-state index in [1.807, 2.05) is 0 Å². The smallest absolute Gasteiger partial charge is 0.294 e. The molecule has 1 aromatic rings. The molecule has 1 aliphatic rings. The molecular weight excluding hydrogens is 436 g/mol. The highest BCUT2D eigenvalue weighted by Gasteiger charge is 2.47. The molecule has 6 nitrogen and oxygen atoms in total. The number of allylic oxidation sites excluding steroid dienone is 1. The predicted molar refractivity (Wildman–Crippen MR) is 137 cm³/mol. The molecule has 32 heavy (non-hydrogen) atoms. The molecular formula is C24H42N2O4Si2. The van der Waals surface area contributed by atoms with Gasteiger partial charge >= 0.3 is 0 Å². The summed E-state index contributed by atoms with van der Waals surface area (Å²) in [5, 5.41) is 11.8. The van der Waals surface area contributed by atoms with Gasteiger partial charge in [0.2, 0.25) is 0 Å². The van der Waals surface area contributed by atoms with Gasteiger partial charge in [0.05, 0.1) is 22.7 Å². The van der Waals surface area contributed by atoms with Gasteiger partial charge < -0.3 is 8.85 Å². The maximum absolute atomic E-state index is 11.6. The zero-order valence-corrected chi connectivity index (χ0v) is 23.8. The van der Waals surface area contributed by atoms with Crippen LogP contribution in [0.1, 0.15) is 60.5 Å². The Balaban J connectivity index is 2.56. The van der Waals surface area contributed by atoms with E-state index in [4.69, 9.17) is 8.85 Å². The molecule has 2 rings (SSSR count). The normalized spacial score (nSPS) is 23.1. The standard InChI is InChI=1S/C24H42N2O4Si2/c1-17-14-18(19-12-13-25-16-20(19)26(27)28)15-21(29-31(8,9)23(2,3)4)22(17)30-32(10,11)24(5,6)7/h12-13,15-17,21-22H,14H2,1-11H3/t17-,21+,22?/m0/s1. The Bertz CT molecular complexity index is 869. The number of nitrogens with zero attached hydrogens (tertiary/aromatic N) is 2. The fraction of sp³-hybridized carbons (Fsp3) is 0.708. The van der Waals surface area contributed by atoms with Crippen molar-refractivity contribution in [1.82, 2.24) is 4.98 Å². The van der Waals surface area contributed by atoms with Crippen LogP contribution in [0.15, 0.2) is 24.5 Å². The minimum atomic E-state index is -2.11. The van der Waals surface area contributed by atoms with Crippen LogP contribution >= 0.6 is 0 Å². The van der Waals surface area contributed by atoms with E-state index in [-0.39, 0.29) is 38.8 Å². The Labute approximate surface area is 196 Å². The van der Waals surface area contributed by atoms with Crippen LogP contribution in [0.25, 0.3) is 5.57 Å². The third-order valence-corrected chi connectivity index (χ3v) is 16.6. The van der Waals surface area contributed by atoms with Crippen LogP contribution in [-0.2, 0) is 8.85 Å². The minimum absolute atomic E-state index is 0.0424. The third-order valence-electron chi connectivity index (χ3n) is 7.61. The largest absolute Gasteiger partial charge is 0.411 e. The Kier molecular flexibility index (Phi) is 7.66. The highest BCUT2D eigenvalue weighted by molar-refractivity contribution is 6.74. The summed E-state index contributed by atoms with van der Waals surface area (Å²) in [7, 11) is -4.15. The first kappa shape index (κ1) is 26.9. The van der Waals surface area contributed by atoms with Crippen molar-refractivity contribution in [1.29, 1.82) is 0 Å². The van der Waals surface area contributed by atoms with E-state index in [0.717, 1.165) is 5.57 Å². The van der Waals surface area contributed by atoms with E-state index in [1.165, 1.54) is 6.20 Å². The van der Waals surface area contributed by atoms with Crippen molar-refractivity contribution in [3.8, 4) is 0 Å². The quantitative estimate of drug-likeness (QED) is 0.246. The monoisotopic (exact) mass is 478 g/mol. The fourth-order valence-electron chi connectivity index (χ4n) is 3.47. The number of nitro groups is 1. The van der Waals surface area contributed by atoms with Gasteiger partial charge in [-0.25, -0.2) is 0 Å². The number of rotatable bonds is 6. The van der Waals surface area contributed by atoms with Crippen LogP contribution in [0.3, 0.4) is 0 Å². The molecule has 0 aliphatic heterocycles. The molecule has 1 unspecified atom stereocenters. The van der Waals surface area contributed by atoms with Gasteiger partial charge in [-0.3, -0.25) is 15.1 Å². The summed E-state index contributed by atoms with van der Waals surface area (Å²) < 4.78 is 13.8. The van der Waals surface area contributed by atoms with E-state index >= 15 is 0 Å². The molecule has 0 saturated carbocycles. The van der Waals surface area contributed by atoms with Crippen LogP contribution in [0.5, 0.6) is 0 Å². The van der Waals surface area contributed by atoms with Gasteiger partial charge in [0.1, 0.15) is 6.20 Å². The maximum Gasteiger partial charge on any atom is 0.294 e. The van der Waals surface area contributed by atoms with E-state index in [2.05, 4.69) is 85.7 Å². The van der Waals surface area contributed by atoms with Crippen LogP contribution < -0.4 is 0 Å². The van der Waals surface area contributed by atoms with Crippen molar-refractivity contribution < 1.29 is 13.8 Å². The molecule has 180 valence electrons. The van der Waals surface area contributed by atoms with Crippen LogP contribution in [-0.4, -0.2) is 38.8 Å². The highest BCUT2D eigenvalue weighted by Crippen LogP contribution is 2.45. The van der Waals surface area contributed by atoms with Crippen LogP contribution in [0.4, 0.5) is 5.69 Å². The lowest BCUT2D eigenvalue weighted by molar-refractivity contribution is -0.385. The van der Waals surface area contributed by atoms with Gasteiger partial charge in [0.15, 0.2) is 16.6 Å². The van der Waals surface area contributed by atoms with Gasteiger partial charge in [-0.1, -0.05) is 54.5 Å². The van der Waals surface area contributed by atoms with E-state index < -0.39 is 16.6 Å². The van der Waals surface area contributed by atoms with Crippen molar-refractivity contribution in [3.05, 3.63) is 40.2 Å². The van der Waals surface area contributed by atoms with E-state index in [0.29, 0.717) is 12.0 Å². The van der Waals surface area contributed by atoms with Crippen LogP contribution in [0.2, 0.25) is 36.3 Å². The summed E-state index contributed by atoms with van der Waals surface area (Å²) in [6, 6.07) is 1.75. The Morgan fingerprint density at radius 2 is 1.56 bits per heavy atom. The molecule has 1 heterocycles. The van der Waals surface area contributed by atoms with Gasteiger partial charge in [-0.05, 0) is 60.2 Å².